The molecule has 0 fully saturated rings. The maximum Gasteiger partial charge on any atom is 0.327 e. The molecule has 0 unspecified atom stereocenters. The molecular weight excluding hydrogens is 263 g/mol. The highest BCUT2D eigenvalue weighted by atomic mass is 35.5. The molecule has 0 bridgehead atoms. The van der Waals surface area contributed by atoms with Gasteiger partial charge in [0.25, 0.3) is 5.95 Å². The molecule has 0 atom stereocenters. The second-order valence-corrected chi connectivity index (χ2v) is 4.33. The molecule has 2 aromatic rings. The molecule has 2 rings (SSSR count). The molecule has 0 amide bonds. The Hall–Kier alpha value is -1.46. The highest BCUT2D eigenvalue weighted by Gasteiger charge is 2.11. The van der Waals surface area contributed by atoms with E-state index in [-0.39, 0.29) is 6.01 Å². The number of nitrogens with one attached hydrogen (secondary N) is 1. The van der Waals surface area contributed by atoms with Crippen molar-refractivity contribution in [3.8, 4) is 0 Å². The molecular formula is C10H10Cl2N4O. The monoisotopic (exact) mass is 272 g/mol. The van der Waals surface area contributed by atoms with Gasteiger partial charge in [-0.25, -0.2) is 0 Å². The van der Waals surface area contributed by atoms with Crippen LogP contribution in [0.3, 0.4) is 0 Å². The van der Waals surface area contributed by atoms with Crippen LogP contribution in [0.25, 0.3) is 0 Å². The van der Waals surface area contributed by atoms with Gasteiger partial charge in [-0.05, 0) is 17.3 Å². The minimum atomic E-state index is 0.240. The van der Waals surface area contributed by atoms with Crippen molar-refractivity contribution in [1.82, 2.24) is 10.1 Å². The molecule has 0 saturated carbocycles. The molecule has 1 aromatic heterocycles. The van der Waals surface area contributed by atoms with Crippen LogP contribution in [0.5, 0.6) is 0 Å². The van der Waals surface area contributed by atoms with Crippen molar-refractivity contribution in [3.63, 3.8) is 0 Å². The fourth-order valence-corrected chi connectivity index (χ4v) is 1.66. The van der Waals surface area contributed by atoms with E-state index in [9.17, 15) is 0 Å². The summed E-state index contributed by atoms with van der Waals surface area (Å²) in [7, 11) is 3.63. The molecule has 1 aromatic carbocycles. The molecule has 0 aliphatic carbocycles. The van der Waals surface area contributed by atoms with E-state index < -0.39 is 0 Å². The number of nitrogens with zero attached hydrogens (tertiary/aromatic N) is 3. The van der Waals surface area contributed by atoms with Crippen LogP contribution in [-0.2, 0) is 0 Å². The second kappa shape index (κ2) is 4.81. The predicted molar refractivity (Wildman–Crippen MR) is 68.4 cm³/mol. The van der Waals surface area contributed by atoms with Crippen LogP contribution in [0.4, 0.5) is 17.7 Å². The Morgan fingerprint density at radius 2 is 1.88 bits per heavy atom. The summed E-state index contributed by atoms with van der Waals surface area (Å²) >= 11 is 12.0. The van der Waals surface area contributed by atoms with Crippen LogP contribution in [0, 0.1) is 0 Å². The lowest BCUT2D eigenvalue weighted by atomic mass is 10.3. The zero-order valence-corrected chi connectivity index (χ0v) is 10.7. The highest BCUT2D eigenvalue weighted by molar-refractivity contribution is 6.39. The van der Waals surface area contributed by atoms with Crippen LogP contribution < -0.4 is 10.2 Å². The van der Waals surface area contributed by atoms with Crippen molar-refractivity contribution >= 4 is 40.9 Å². The second-order valence-electron chi connectivity index (χ2n) is 3.52. The van der Waals surface area contributed by atoms with Crippen molar-refractivity contribution < 1.29 is 4.52 Å². The molecule has 7 heteroatoms. The van der Waals surface area contributed by atoms with Crippen LogP contribution in [0.15, 0.2) is 22.7 Å². The SMILES string of the molecule is CN(C)c1noc(Nc2c(Cl)cccc2Cl)n1. The van der Waals surface area contributed by atoms with Gasteiger partial charge in [-0.15, -0.1) is 0 Å². The molecule has 0 aliphatic heterocycles. The van der Waals surface area contributed by atoms with Gasteiger partial charge in [-0.1, -0.05) is 29.3 Å². The van der Waals surface area contributed by atoms with Gasteiger partial charge >= 0.3 is 6.01 Å². The summed E-state index contributed by atoms with van der Waals surface area (Å²) in [5.74, 6) is 0.468. The summed E-state index contributed by atoms with van der Waals surface area (Å²) in [6, 6.07) is 5.44. The quantitative estimate of drug-likeness (QED) is 0.930. The number of hydrogen-bond donors (Lipinski definition) is 1. The number of benzene rings is 1. The standard InChI is InChI=1S/C10H10Cl2N4O/c1-16(2)9-14-10(17-15-9)13-8-6(11)4-3-5-7(8)12/h3-5H,1-2H3,(H,13,14,15). The Morgan fingerprint density at radius 1 is 1.24 bits per heavy atom. The van der Waals surface area contributed by atoms with Crippen molar-refractivity contribution in [1.29, 1.82) is 0 Å². The van der Waals surface area contributed by atoms with Crippen LogP contribution in [0.1, 0.15) is 0 Å². The summed E-state index contributed by atoms with van der Waals surface area (Å²) < 4.78 is 5.01. The first kappa shape index (κ1) is 12.0. The van der Waals surface area contributed by atoms with E-state index in [1.807, 2.05) is 14.1 Å². The molecule has 5 nitrogen and oxygen atoms in total. The third-order valence-corrected chi connectivity index (χ3v) is 2.64. The van der Waals surface area contributed by atoms with Gasteiger partial charge in [0, 0.05) is 14.1 Å². The van der Waals surface area contributed by atoms with Gasteiger partial charge in [0.1, 0.15) is 0 Å². The Morgan fingerprint density at radius 3 is 2.41 bits per heavy atom. The number of hydrogen-bond acceptors (Lipinski definition) is 5. The van der Waals surface area contributed by atoms with E-state index in [4.69, 9.17) is 27.7 Å². The molecule has 0 spiro atoms. The molecule has 1 N–H and O–H groups in total. The van der Waals surface area contributed by atoms with Crippen LogP contribution in [0.2, 0.25) is 10.0 Å². The Balaban J connectivity index is 2.25. The van der Waals surface area contributed by atoms with E-state index in [0.29, 0.717) is 21.7 Å². The average Bonchev–Trinajstić information content (AvgIpc) is 2.72. The Labute approximate surface area is 108 Å². The largest absolute Gasteiger partial charge is 0.344 e. The molecule has 0 aliphatic rings. The van der Waals surface area contributed by atoms with Gasteiger partial charge in [0.05, 0.1) is 15.7 Å². The molecule has 0 saturated heterocycles. The fraction of sp³-hybridized carbons (Fsp3) is 0.200. The summed E-state index contributed by atoms with van der Waals surface area (Å²) in [4.78, 5) is 5.83. The van der Waals surface area contributed by atoms with Crippen LogP contribution in [-0.4, -0.2) is 24.2 Å². The number of aromatic nitrogens is 2. The minimum Gasteiger partial charge on any atom is -0.344 e. The van der Waals surface area contributed by atoms with Gasteiger partial charge in [0.15, 0.2) is 0 Å². The maximum absolute atomic E-state index is 6.00. The van der Waals surface area contributed by atoms with E-state index >= 15 is 0 Å². The van der Waals surface area contributed by atoms with E-state index in [1.165, 1.54) is 0 Å². The third kappa shape index (κ3) is 2.62. The fourth-order valence-electron chi connectivity index (χ4n) is 1.17. The van der Waals surface area contributed by atoms with E-state index in [0.717, 1.165) is 0 Å². The third-order valence-electron chi connectivity index (χ3n) is 2.01. The highest BCUT2D eigenvalue weighted by Crippen LogP contribution is 2.32. The summed E-state index contributed by atoms with van der Waals surface area (Å²) in [5.41, 5.74) is 0.546. The van der Waals surface area contributed by atoms with Gasteiger partial charge in [-0.3, -0.25) is 0 Å². The molecule has 1 heterocycles. The zero-order chi connectivity index (χ0) is 12.4. The van der Waals surface area contributed by atoms with Crippen molar-refractivity contribution in [2.75, 3.05) is 24.3 Å². The number of para-hydroxylation sites is 1. The van der Waals surface area contributed by atoms with Crippen molar-refractivity contribution in [2.24, 2.45) is 0 Å². The lowest BCUT2D eigenvalue weighted by Crippen LogP contribution is -2.10. The maximum atomic E-state index is 6.00. The molecule has 90 valence electrons. The van der Waals surface area contributed by atoms with Crippen molar-refractivity contribution in [2.45, 2.75) is 0 Å². The molecule has 17 heavy (non-hydrogen) atoms. The van der Waals surface area contributed by atoms with E-state index in [1.54, 1.807) is 23.1 Å². The van der Waals surface area contributed by atoms with Crippen molar-refractivity contribution in [3.05, 3.63) is 28.2 Å². The lowest BCUT2D eigenvalue weighted by Gasteiger charge is -2.05. The molecule has 0 radical (unpaired) electrons. The summed E-state index contributed by atoms with van der Waals surface area (Å²) in [5, 5.41) is 7.62. The summed E-state index contributed by atoms with van der Waals surface area (Å²) in [6.07, 6.45) is 0. The number of anilines is 3. The minimum absolute atomic E-state index is 0.240. The van der Waals surface area contributed by atoms with Gasteiger partial charge in [0.2, 0.25) is 0 Å². The first-order valence-electron chi connectivity index (χ1n) is 4.80. The summed E-state index contributed by atoms with van der Waals surface area (Å²) in [6.45, 7) is 0. The van der Waals surface area contributed by atoms with Crippen LogP contribution >= 0.6 is 23.2 Å². The smallest absolute Gasteiger partial charge is 0.327 e. The normalized spacial score (nSPS) is 10.4. The van der Waals surface area contributed by atoms with E-state index in [2.05, 4.69) is 15.5 Å². The van der Waals surface area contributed by atoms with Gasteiger partial charge in [-0.2, -0.15) is 4.98 Å². The Bertz CT molecular complexity index is 507. The lowest BCUT2D eigenvalue weighted by molar-refractivity contribution is 0.434. The first-order chi connectivity index (χ1) is 8.08. The topological polar surface area (TPSA) is 54.2 Å². The van der Waals surface area contributed by atoms with Gasteiger partial charge < -0.3 is 14.7 Å². The number of rotatable bonds is 3. The number of halogens is 2. The average molecular weight is 273 g/mol. The predicted octanol–water partition coefficient (Wildman–Crippen LogP) is 3.19. The first-order valence-corrected chi connectivity index (χ1v) is 5.55. The Kier molecular flexibility index (Phi) is 3.40. The zero-order valence-electron chi connectivity index (χ0n) is 9.24.